The van der Waals surface area contributed by atoms with E-state index in [1.165, 1.54) is 0 Å². The molecule has 1 aromatic carbocycles. The maximum Gasteiger partial charge on any atom is 0.274 e. The van der Waals surface area contributed by atoms with Gasteiger partial charge in [-0.2, -0.15) is 0 Å². The molecule has 1 amide bonds. The van der Waals surface area contributed by atoms with E-state index in [9.17, 15) is 4.79 Å². The number of nitrogens with one attached hydrogen (secondary N) is 1. The molecule has 0 bridgehead atoms. The third-order valence-electron chi connectivity index (χ3n) is 4.34. The van der Waals surface area contributed by atoms with Crippen molar-refractivity contribution in [3.05, 3.63) is 47.5 Å². The molecule has 0 radical (unpaired) electrons. The molecule has 2 aromatic heterocycles. The molecule has 0 aliphatic heterocycles. The van der Waals surface area contributed by atoms with Gasteiger partial charge in [0, 0.05) is 17.4 Å². The lowest BCUT2D eigenvalue weighted by Gasteiger charge is -2.09. The first-order valence-electron chi connectivity index (χ1n) is 8.58. The second-order valence-corrected chi connectivity index (χ2v) is 6.34. The Balaban J connectivity index is 1.51. The maximum atomic E-state index is 12.4. The first kappa shape index (κ1) is 15.7. The second-order valence-electron chi connectivity index (χ2n) is 6.34. The van der Waals surface area contributed by atoms with Crippen LogP contribution >= 0.6 is 0 Å². The fraction of sp³-hybridized carbons (Fsp3) is 0.368. The number of aromatic nitrogens is 1. The van der Waals surface area contributed by atoms with E-state index in [0.29, 0.717) is 35.3 Å². The number of hydrogen-bond donors (Lipinski definition) is 1. The van der Waals surface area contributed by atoms with Crippen molar-refractivity contribution in [2.45, 2.75) is 38.6 Å². The molecule has 1 atom stereocenters. The number of fused-ring (bicyclic) bond motifs is 1. The predicted molar refractivity (Wildman–Crippen MR) is 91.7 cm³/mol. The number of amides is 1. The molecule has 1 unspecified atom stereocenters. The fourth-order valence-electron chi connectivity index (χ4n) is 2.84. The number of hydrogen-bond acceptors (Lipinski definition) is 5. The van der Waals surface area contributed by atoms with Gasteiger partial charge in [0.2, 0.25) is 0 Å². The summed E-state index contributed by atoms with van der Waals surface area (Å²) in [5.41, 5.74) is 0.998. The van der Waals surface area contributed by atoms with Crippen molar-refractivity contribution in [3.8, 4) is 5.75 Å². The van der Waals surface area contributed by atoms with Gasteiger partial charge in [-0.3, -0.25) is 4.79 Å². The van der Waals surface area contributed by atoms with E-state index in [2.05, 4.69) is 10.5 Å². The Labute approximate surface area is 145 Å². The molecule has 1 aliphatic carbocycles. The Morgan fingerprint density at radius 1 is 1.40 bits per heavy atom. The highest BCUT2D eigenvalue weighted by Gasteiger charge is 2.29. The minimum Gasteiger partial charge on any atom is -0.490 e. The molecule has 0 saturated heterocycles. The number of benzene rings is 1. The largest absolute Gasteiger partial charge is 0.490 e. The van der Waals surface area contributed by atoms with E-state index in [4.69, 9.17) is 13.7 Å². The molecular weight excluding hydrogens is 320 g/mol. The summed E-state index contributed by atoms with van der Waals surface area (Å²) in [4.78, 5) is 12.4. The molecular formula is C19H20N2O4. The Kier molecular flexibility index (Phi) is 3.95. The van der Waals surface area contributed by atoms with E-state index < -0.39 is 0 Å². The minimum atomic E-state index is -0.296. The summed E-state index contributed by atoms with van der Waals surface area (Å²) in [7, 11) is 0. The Hall–Kier alpha value is -2.76. The second kappa shape index (κ2) is 6.27. The quantitative estimate of drug-likeness (QED) is 0.728. The van der Waals surface area contributed by atoms with Gasteiger partial charge in [0.15, 0.2) is 17.0 Å². The SMILES string of the molecule is CCOc1cccc2cc(C(C)NC(=O)c3cc(C4CC4)on3)oc12. The molecule has 6 nitrogen and oxygen atoms in total. The van der Waals surface area contributed by atoms with Crippen molar-refractivity contribution in [1.82, 2.24) is 10.5 Å². The number of ether oxygens (including phenoxy) is 1. The van der Waals surface area contributed by atoms with Crippen LogP contribution in [0.3, 0.4) is 0 Å². The summed E-state index contributed by atoms with van der Waals surface area (Å²) in [6, 6.07) is 9.10. The van der Waals surface area contributed by atoms with Crippen molar-refractivity contribution >= 4 is 16.9 Å². The maximum absolute atomic E-state index is 12.4. The van der Waals surface area contributed by atoms with Gasteiger partial charge in [-0.25, -0.2) is 0 Å². The van der Waals surface area contributed by atoms with E-state index >= 15 is 0 Å². The average molecular weight is 340 g/mol. The Bertz CT molecular complexity index is 907. The van der Waals surface area contributed by atoms with Crippen LogP contribution in [-0.4, -0.2) is 17.7 Å². The van der Waals surface area contributed by atoms with Crippen molar-refractivity contribution in [2.24, 2.45) is 0 Å². The molecule has 130 valence electrons. The molecule has 2 heterocycles. The van der Waals surface area contributed by atoms with Gasteiger partial charge in [-0.05, 0) is 38.8 Å². The lowest BCUT2D eigenvalue weighted by atomic mass is 10.2. The number of para-hydroxylation sites is 1. The molecule has 3 aromatic rings. The first-order valence-corrected chi connectivity index (χ1v) is 8.58. The van der Waals surface area contributed by atoms with Gasteiger partial charge in [0.05, 0.1) is 12.6 Å². The van der Waals surface area contributed by atoms with Crippen LogP contribution in [0.1, 0.15) is 60.7 Å². The van der Waals surface area contributed by atoms with Gasteiger partial charge in [-0.15, -0.1) is 0 Å². The third kappa shape index (κ3) is 3.12. The van der Waals surface area contributed by atoms with Gasteiger partial charge in [-0.1, -0.05) is 17.3 Å². The Morgan fingerprint density at radius 2 is 2.24 bits per heavy atom. The topological polar surface area (TPSA) is 77.5 Å². The van der Waals surface area contributed by atoms with Gasteiger partial charge < -0.3 is 19.0 Å². The molecule has 1 N–H and O–H groups in total. The van der Waals surface area contributed by atoms with E-state index in [1.54, 1.807) is 6.07 Å². The summed E-state index contributed by atoms with van der Waals surface area (Å²) in [5, 5.41) is 7.71. The molecule has 6 heteroatoms. The van der Waals surface area contributed by atoms with Crippen LogP contribution in [0, 0.1) is 0 Å². The average Bonchev–Trinajstić information content (AvgIpc) is 3.16. The summed E-state index contributed by atoms with van der Waals surface area (Å²) in [5.74, 6) is 2.33. The first-order chi connectivity index (χ1) is 12.2. The van der Waals surface area contributed by atoms with Crippen LogP contribution < -0.4 is 10.1 Å². The molecule has 1 aliphatic rings. The van der Waals surface area contributed by atoms with Crippen molar-refractivity contribution in [3.63, 3.8) is 0 Å². The fourth-order valence-corrected chi connectivity index (χ4v) is 2.84. The summed E-state index contributed by atoms with van der Waals surface area (Å²) >= 11 is 0. The van der Waals surface area contributed by atoms with E-state index in [-0.39, 0.29) is 11.9 Å². The molecule has 4 rings (SSSR count). The minimum absolute atomic E-state index is 0.270. The Morgan fingerprint density at radius 3 is 3.00 bits per heavy atom. The van der Waals surface area contributed by atoms with Gasteiger partial charge >= 0.3 is 0 Å². The highest BCUT2D eigenvalue weighted by Crippen LogP contribution is 2.40. The summed E-state index contributed by atoms with van der Waals surface area (Å²) in [6.45, 7) is 4.37. The monoisotopic (exact) mass is 340 g/mol. The zero-order valence-electron chi connectivity index (χ0n) is 14.2. The number of nitrogens with zero attached hydrogens (tertiary/aromatic N) is 1. The van der Waals surface area contributed by atoms with E-state index in [0.717, 1.165) is 24.0 Å². The lowest BCUT2D eigenvalue weighted by Crippen LogP contribution is -2.26. The smallest absolute Gasteiger partial charge is 0.274 e. The van der Waals surface area contributed by atoms with Crippen LogP contribution in [0.5, 0.6) is 5.75 Å². The van der Waals surface area contributed by atoms with Crippen LogP contribution in [0.25, 0.3) is 11.0 Å². The third-order valence-corrected chi connectivity index (χ3v) is 4.34. The number of carbonyl (C=O) groups is 1. The van der Waals surface area contributed by atoms with Crippen molar-refractivity contribution < 1.29 is 18.5 Å². The van der Waals surface area contributed by atoms with E-state index in [1.807, 2.05) is 38.1 Å². The molecule has 1 saturated carbocycles. The van der Waals surface area contributed by atoms with Crippen LogP contribution in [0.15, 0.2) is 39.3 Å². The number of rotatable bonds is 6. The molecule has 1 fully saturated rings. The zero-order chi connectivity index (χ0) is 17.4. The zero-order valence-corrected chi connectivity index (χ0v) is 14.2. The van der Waals surface area contributed by atoms with Gasteiger partial charge in [0.25, 0.3) is 5.91 Å². The standard InChI is InChI=1S/C19H20N2O4/c1-3-23-15-6-4-5-13-9-16(24-18(13)15)11(2)20-19(22)14-10-17(25-21-14)12-7-8-12/h4-6,9-12H,3,7-8H2,1-2H3,(H,20,22). The van der Waals surface area contributed by atoms with Crippen molar-refractivity contribution in [2.75, 3.05) is 6.61 Å². The normalized spacial score (nSPS) is 15.3. The predicted octanol–water partition coefficient (Wildman–Crippen LogP) is 4.19. The van der Waals surface area contributed by atoms with Crippen LogP contribution in [0.4, 0.5) is 0 Å². The van der Waals surface area contributed by atoms with Crippen LogP contribution in [-0.2, 0) is 0 Å². The van der Waals surface area contributed by atoms with Crippen molar-refractivity contribution in [1.29, 1.82) is 0 Å². The van der Waals surface area contributed by atoms with Crippen LogP contribution in [0.2, 0.25) is 0 Å². The number of carbonyl (C=O) groups excluding carboxylic acids is 1. The molecule has 0 spiro atoms. The summed E-state index contributed by atoms with van der Waals surface area (Å²) < 4.78 is 16.7. The lowest BCUT2D eigenvalue weighted by molar-refractivity contribution is 0.0926. The summed E-state index contributed by atoms with van der Waals surface area (Å²) in [6.07, 6.45) is 2.21. The highest BCUT2D eigenvalue weighted by atomic mass is 16.5. The number of furan rings is 1. The molecule has 25 heavy (non-hydrogen) atoms. The highest BCUT2D eigenvalue weighted by molar-refractivity contribution is 5.92. The van der Waals surface area contributed by atoms with Gasteiger partial charge in [0.1, 0.15) is 11.5 Å².